The predicted octanol–water partition coefficient (Wildman–Crippen LogP) is 3.93. The van der Waals surface area contributed by atoms with Crippen LogP contribution in [0.2, 0.25) is 0 Å². The van der Waals surface area contributed by atoms with Crippen molar-refractivity contribution in [2.75, 3.05) is 15.8 Å². The second-order valence-electron chi connectivity index (χ2n) is 7.38. The molecule has 1 amide bonds. The van der Waals surface area contributed by atoms with Crippen molar-refractivity contribution < 1.29 is 13.2 Å². The lowest BCUT2D eigenvalue weighted by atomic mass is 9.86. The predicted molar refractivity (Wildman–Crippen MR) is 107 cm³/mol. The van der Waals surface area contributed by atoms with E-state index >= 15 is 0 Å². The lowest BCUT2D eigenvalue weighted by molar-refractivity contribution is -0.114. The summed E-state index contributed by atoms with van der Waals surface area (Å²) >= 11 is 0. The van der Waals surface area contributed by atoms with Crippen LogP contribution >= 0.6 is 0 Å². The van der Waals surface area contributed by atoms with Crippen molar-refractivity contribution in [1.82, 2.24) is 0 Å². The number of sulfonamides is 1. The van der Waals surface area contributed by atoms with Gasteiger partial charge in [-0.05, 0) is 47.2 Å². The topological polar surface area (TPSA) is 75.3 Å². The Labute approximate surface area is 155 Å². The third-order valence-corrected chi connectivity index (χ3v) is 5.25. The molecule has 0 fully saturated rings. The third kappa shape index (κ3) is 6.19. The number of hydrogen-bond donors (Lipinski definition) is 2. The first-order chi connectivity index (χ1) is 12.0. The van der Waals surface area contributed by atoms with Crippen LogP contribution in [0.5, 0.6) is 0 Å². The number of benzene rings is 2. The van der Waals surface area contributed by atoms with Crippen LogP contribution in [0.25, 0.3) is 0 Å². The Hall–Kier alpha value is -2.34. The van der Waals surface area contributed by atoms with E-state index in [0.29, 0.717) is 17.8 Å². The van der Waals surface area contributed by atoms with Crippen molar-refractivity contribution in [3.8, 4) is 0 Å². The monoisotopic (exact) mass is 374 g/mol. The van der Waals surface area contributed by atoms with E-state index in [9.17, 15) is 13.2 Å². The number of nitrogens with one attached hydrogen (secondary N) is 2. The van der Waals surface area contributed by atoms with Crippen LogP contribution in [-0.4, -0.2) is 20.1 Å². The number of anilines is 2. The second kappa shape index (κ2) is 7.91. The zero-order valence-electron chi connectivity index (χ0n) is 15.7. The minimum Gasteiger partial charge on any atom is -0.326 e. The number of carbonyl (C=O) groups excluding carboxylic acids is 1. The molecule has 0 aromatic heterocycles. The Morgan fingerprint density at radius 3 is 1.96 bits per heavy atom. The number of hydrogen-bond acceptors (Lipinski definition) is 3. The van der Waals surface area contributed by atoms with Crippen molar-refractivity contribution in [1.29, 1.82) is 0 Å². The molecule has 26 heavy (non-hydrogen) atoms. The van der Waals surface area contributed by atoms with Gasteiger partial charge in [-0.3, -0.25) is 9.52 Å². The normalized spacial score (nSPS) is 11.8. The molecular weight excluding hydrogens is 348 g/mol. The van der Waals surface area contributed by atoms with Gasteiger partial charge in [0.15, 0.2) is 0 Å². The molecule has 0 spiro atoms. The van der Waals surface area contributed by atoms with Gasteiger partial charge in [0.1, 0.15) is 0 Å². The zero-order chi connectivity index (χ0) is 19.4. The fourth-order valence-electron chi connectivity index (χ4n) is 2.48. The van der Waals surface area contributed by atoms with Crippen LogP contribution in [0, 0.1) is 0 Å². The molecular formula is C20H26N2O3S. The van der Waals surface area contributed by atoms with Gasteiger partial charge in [-0.2, -0.15) is 0 Å². The van der Waals surface area contributed by atoms with Crippen LogP contribution in [0.1, 0.15) is 38.8 Å². The highest BCUT2D eigenvalue weighted by Crippen LogP contribution is 2.22. The summed E-state index contributed by atoms with van der Waals surface area (Å²) in [6.45, 7) is 7.86. The number of rotatable bonds is 6. The quantitative estimate of drug-likeness (QED) is 0.804. The molecule has 5 nitrogen and oxygen atoms in total. The standard InChI is InChI=1S/C20H26N2O3S/c1-15(23)21-18-9-11-19(12-10-18)22-26(24,25)14-13-16-5-7-17(8-6-16)20(2,3)4/h5-12,22H,13-14H2,1-4H3,(H,21,23). The molecule has 140 valence electrons. The Kier molecular flexibility index (Phi) is 6.08. The molecule has 0 aliphatic rings. The van der Waals surface area contributed by atoms with Crippen molar-refractivity contribution in [3.05, 3.63) is 59.7 Å². The maximum Gasteiger partial charge on any atom is 0.233 e. The maximum atomic E-state index is 12.3. The van der Waals surface area contributed by atoms with E-state index in [0.717, 1.165) is 5.56 Å². The Bertz CT molecular complexity index is 849. The Balaban J connectivity index is 1.95. The van der Waals surface area contributed by atoms with Crippen LogP contribution in [0.4, 0.5) is 11.4 Å². The molecule has 0 aliphatic carbocycles. The zero-order valence-corrected chi connectivity index (χ0v) is 16.5. The Morgan fingerprint density at radius 2 is 1.46 bits per heavy atom. The average Bonchev–Trinajstić information content (AvgIpc) is 2.54. The van der Waals surface area contributed by atoms with Gasteiger partial charge in [0.05, 0.1) is 5.75 Å². The van der Waals surface area contributed by atoms with Crippen molar-refractivity contribution in [2.45, 2.75) is 39.5 Å². The molecule has 0 atom stereocenters. The summed E-state index contributed by atoms with van der Waals surface area (Å²) < 4.78 is 27.1. The van der Waals surface area contributed by atoms with Crippen molar-refractivity contribution in [2.24, 2.45) is 0 Å². The van der Waals surface area contributed by atoms with E-state index in [-0.39, 0.29) is 17.1 Å². The second-order valence-corrected chi connectivity index (χ2v) is 9.22. The van der Waals surface area contributed by atoms with E-state index in [1.807, 2.05) is 12.1 Å². The average molecular weight is 375 g/mol. The molecule has 0 saturated carbocycles. The van der Waals surface area contributed by atoms with E-state index in [1.54, 1.807) is 24.3 Å². The van der Waals surface area contributed by atoms with Crippen molar-refractivity contribution in [3.63, 3.8) is 0 Å². The fourth-order valence-corrected chi connectivity index (χ4v) is 3.58. The molecule has 0 heterocycles. The summed E-state index contributed by atoms with van der Waals surface area (Å²) in [5.41, 5.74) is 3.39. The Morgan fingerprint density at radius 1 is 0.923 bits per heavy atom. The smallest absolute Gasteiger partial charge is 0.233 e. The van der Waals surface area contributed by atoms with E-state index < -0.39 is 10.0 Å². The SMILES string of the molecule is CC(=O)Nc1ccc(NS(=O)(=O)CCc2ccc(C(C)(C)C)cc2)cc1. The molecule has 0 bridgehead atoms. The molecule has 0 aliphatic heterocycles. The summed E-state index contributed by atoms with van der Waals surface area (Å²) in [5.74, 6) is -0.161. The van der Waals surface area contributed by atoms with Crippen LogP contribution in [0.15, 0.2) is 48.5 Å². The van der Waals surface area contributed by atoms with Gasteiger partial charge < -0.3 is 5.32 Å². The highest BCUT2D eigenvalue weighted by molar-refractivity contribution is 7.92. The third-order valence-electron chi connectivity index (χ3n) is 3.96. The van der Waals surface area contributed by atoms with Crippen LogP contribution < -0.4 is 10.0 Å². The maximum absolute atomic E-state index is 12.3. The first kappa shape index (κ1) is 20.0. The summed E-state index contributed by atoms with van der Waals surface area (Å²) in [6.07, 6.45) is 0.448. The molecule has 2 aromatic rings. The lowest BCUT2D eigenvalue weighted by Gasteiger charge is -2.19. The van der Waals surface area contributed by atoms with E-state index in [1.165, 1.54) is 12.5 Å². The summed E-state index contributed by atoms with van der Waals surface area (Å²) in [6, 6.07) is 14.6. The first-order valence-corrected chi connectivity index (χ1v) is 10.2. The molecule has 0 unspecified atom stereocenters. The summed E-state index contributed by atoms with van der Waals surface area (Å²) in [7, 11) is -3.44. The molecule has 0 radical (unpaired) electrons. The molecule has 2 N–H and O–H groups in total. The number of aryl methyl sites for hydroxylation is 1. The first-order valence-electron chi connectivity index (χ1n) is 8.53. The van der Waals surface area contributed by atoms with Crippen LogP contribution in [-0.2, 0) is 26.7 Å². The van der Waals surface area contributed by atoms with Gasteiger partial charge in [-0.25, -0.2) is 8.42 Å². The molecule has 2 rings (SSSR count). The highest BCUT2D eigenvalue weighted by atomic mass is 32.2. The van der Waals surface area contributed by atoms with Crippen LogP contribution in [0.3, 0.4) is 0 Å². The van der Waals surface area contributed by atoms with Gasteiger partial charge in [0.25, 0.3) is 0 Å². The van der Waals surface area contributed by atoms with E-state index in [4.69, 9.17) is 0 Å². The van der Waals surface area contributed by atoms with Gasteiger partial charge in [-0.1, -0.05) is 45.0 Å². The molecule has 2 aromatic carbocycles. The number of carbonyl (C=O) groups is 1. The fraction of sp³-hybridized carbons (Fsp3) is 0.350. The molecule has 0 saturated heterocycles. The minimum atomic E-state index is -3.44. The summed E-state index contributed by atoms with van der Waals surface area (Å²) in [4.78, 5) is 11.0. The van der Waals surface area contributed by atoms with Gasteiger partial charge >= 0.3 is 0 Å². The summed E-state index contributed by atoms with van der Waals surface area (Å²) in [5, 5.41) is 2.64. The largest absolute Gasteiger partial charge is 0.326 e. The highest BCUT2D eigenvalue weighted by Gasteiger charge is 2.14. The van der Waals surface area contributed by atoms with E-state index in [2.05, 4.69) is 42.9 Å². The van der Waals surface area contributed by atoms with Gasteiger partial charge in [0.2, 0.25) is 15.9 Å². The number of amides is 1. The lowest BCUT2D eigenvalue weighted by Crippen LogP contribution is -2.18. The van der Waals surface area contributed by atoms with Crippen molar-refractivity contribution >= 4 is 27.3 Å². The molecule has 6 heteroatoms. The minimum absolute atomic E-state index is 0.00924. The van der Waals surface area contributed by atoms with Gasteiger partial charge in [-0.15, -0.1) is 0 Å². The van der Waals surface area contributed by atoms with Gasteiger partial charge in [0, 0.05) is 18.3 Å².